The zero-order chi connectivity index (χ0) is 20.9. The van der Waals surface area contributed by atoms with Crippen LogP contribution >= 0.6 is 0 Å². The highest BCUT2D eigenvalue weighted by molar-refractivity contribution is 5.85. The van der Waals surface area contributed by atoms with E-state index in [0.29, 0.717) is 31.7 Å². The molecule has 1 N–H and O–H groups in total. The largest absolute Gasteiger partial charge is 0.481 e. The summed E-state index contributed by atoms with van der Waals surface area (Å²) in [5.74, 6) is -0.658. The fourth-order valence-corrected chi connectivity index (χ4v) is 3.36. The van der Waals surface area contributed by atoms with E-state index in [1.807, 2.05) is 48.6 Å². The van der Waals surface area contributed by atoms with Gasteiger partial charge in [-0.05, 0) is 62.1 Å². The summed E-state index contributed by atoms with van der Waals surface area (Å²) in [6.07, 6.45) is 8.47. The molecule has 0 aliphatic carbocycles. The Labute approximate surface area is 170 Å². The van der Waals surface area contributed by atoms with Crippen LogP contribution in [0.15, 0.2) is 48.8 Å². The summed E-state index contributed by atoms with van der Waals surface area (Å²) in [5.41, 5.74) is 1.07. The van der Waals surface area contributed by atoms with Gasteiger partial charge in [0.2, 0.25) is 0 Å². The van der Waals surface area contributed by atoms with Crippen molar-refractivity contribution in [2.75, 3.05) is 13.1 Å². The number of piperidine rings is 1. The normalized spacial score (nSPS) is 15.4. The molecular weight excluding hydrogens is 368 g/mol. The maximum Gasteiger partial charge on any atom is 0.306 e. The van der Waals surface area contributed by atoms with Gasteiger partial charge in [0.15, 0.2) is 5.60 Å². The number of rotatable bonds is 6. The van der Waals surface area contributed by atoms with Gasteiger partial charge in [-0.15, -0.1) is 0 Å². The van der Waals surface area contributed by atoms with Crippen LogP contribution in [0.5, 0.6) is 5.75 Å². The molecule has 1 saturated heterocycles. The second-order valence-corrected chi connectivity index (χ2v) is 7.70. The molecule has 1 amide bonds. The summed E-state index contributed by atoms with van der Waals surface area (Å²) in [4.78, 5) is 29.6. The van der Waals surface area contributed by atoms with E-state index in [9.17, 15) is 9.59 Å². The van der Waals surface area contributed by atoms with Gasteiger partial charge < -0.3 is 14.7 Å². The zero-order valence-corrected chi connectivity index (χ0v) is 16.7. The lowest BCUT2D eigenvalue weighted by atomic mass is 9.95. The van der Waals surface area contributed by atoms with E-state index in [1.54, 1.807) is 31.1 Å². The Morgan fingerprint density at radius 2 is 1.59 bits per heavy atom. The number of hydrogen-bond donors (Lipinski definition) is 1. The first kappa shape index (κ1) is 20.6. The minimum absolute atomic E-state index is 0.122. The van der Waals surface area contributed by atoms with Crippen molar-refractivity contribution in [3.8, 4) is 5.75 Å². The Morgan fingerprint density at radius 1 is 1.03 bits per heavy atom. The second-order valence-electron chi connectivity index (χ2n) is 7.70. The standard InChI is InChI=1S/C23H26N2O4/c1-23(2,22(28)25-15-11-19(12-16-25)21(26)27)29-20-7-5-17(6-8-20)3-4-18-9-13-24-14-10-18/h3-10,13-14,19H,11-12,15-16H2,1-2H3,(H,26,27)/b4-3+. The lowest BCUT2D eigenvalue weighted by Crippen LogP contribution is -2.51. The molecule has 1 aromatic heterocycles. The maximum absolute atomic E-state index is 12.9. The molecule has 29 heavy (non-hydrogen) atoms. The van der Waals surface area contributed by atoms with Crippen LogP contribution in [0.25, 0.3) is 12.2 Å². The zero-order valence-electron chi connectivity index (χ0n) is 16.7. The van der Waals surface area contributed by atoms with Gasteiger partial charge in [-0.2, -0.15) is 0 Å². The van der Waals surface area contributed by atoms with Crippen molar-refractivity contribution >= 4 is 24.0 Å². The van der Waals surface area contributed by atoms with Crippen LogP contribution in [0.4, 0.5) is 0 Å². The molecule has 0 spiro atoms. The van der Waals surface area contributed by atoms with E-state index in [-0.39, 0.29) is 11.8 Å². The number of hydrogen-bond acceptors (Lipinski definition) is 4. The average molecular weight is 394 g/mol. The van der Waals surface area contributed by atoms with Crippen LogP contribution in [0.1, 0.15) is 37.8 Å². The Balaban J connectivity index is 1.59. The predicted molar refractivity (Wildman–Crippen MR) is 111 cm³/mol. The number of aliphatic carboxylic acids is 1. The average Bonchev–Trinajstić information content (AvgIpc) is 2.73. The van der Waals surface area contributed by atoms with Crippen LogP contribution in [-0.2, 0) is 9.59 Å². The van der Waals surface area contributed by atoms with E-state index in [1.165, 1.54) is 0 Å². The van der Waals surface area contributed by atoms with Gasteiger partial charge in [-0.3, -0.25) is 14.6 Å². The SMILES string of the molecule is CC(C)(Oc1ccc(/C=C/c2ccncc2)cc1)C(=O)N1CCC(C(=O)O)CC1. The third kappa shape index (κ3) is 5.44. The first-order valence-corrected chi connectivity index (χ1v) is 9.74. The highest BCUT2D eigenvalue weighted by atomic mass is 16.5. The monoisotopic (exact) mass is 394 g/mol. The summed E-state index contributed by atoms with van der Waals surface area (Å²) in [7, 11) is 0. The lowest BCUT2D eigenvalue weighted by molar-refractivity contribution is -0.151. The molecule has 1 fully saturated rings. The first-order valence-electron chi connectivity index (χ1n) is 9.74. The van der Waals surface area contributed by atoms with Gasteiger partial charge in [-0.25, -0.2) is 0 Å². The number of nitrogens with zero attached hydrogens (tertiary/aromatic N) is 2. The smallest absolute Gasteiger partial charge is 0.306 e. The minimum Gasteiger partial charge on any atom is -0.481 e. The molecular formula is C23H26N2O4. The summed E-state index contributed by atoms with van der Waals surface area (Å²) in [5, 5.41) is 9.11. The molecule has 2 aromatic rings. The van der Waals surface area contributed by atoms with Gasteiger partial charge >= 0.3 is 5.97 Å². The minimum atomic E-state index is -1.02. The maximum atomic E-state index is 12.9. The molecule has 1 aliphatic heterocycles. The van der Waals surface area contributed by atoms with Gasteiger partial charge in [-0.1, -0.05) is 24.3 Å². The number of benzene rings is 1. The third-order valence-electron chi connectivity index (χ3n) is 5.07. The van der Waals surface area contributed by atoms with E-state index < -0.39 is 11.6 Å². The highest BCUT2D eigenvalue weighted by Crippen LogP contribution is 2.24. The fraction of sp³-hybridized carbons (Fsp3) is 0.348. The molecule has 6 nitrogen and oxygen atoms in total. The van der Waals surface area contributed by atoms with Crippen molar-refractivity contribution in [3.05, 3.63) is 59.9 Å². The number of carboxylic acids is 1. The topological polar surface area (TPSA) is 79.7 Å². The molecule has 0 radical (unpaired) electrons. The molecule has 0 atom stereocenters. The summed E-state index contributed by atoms with van der Waals surface area (Å²) in [6.45, 7) is 4.38. The number of carbonyl (C=O) groups excluding carboxylic acids is 1. The Hall–Kier alpha value is -3.15. The van der Waals surface area contributed by atoms with Gasteiger partial charge in [0, 0.05) is 25.5 Å². The van der Waals surface area contributed by atoms with Crippen molar-refractivity contribution in [2.24, 2.45) is 5.92 Å². The number of ether oxygens (including phenoxy) is 1. The summed E-state index contributed by atoms with van der Waals surface area (Å²) < 4.78 is 5.97. The highest BCUT2D eigenvalue weighted by Gasteiger charge is 2.37. The molecule has 152 valence electrons. The Bertz CT molecular complexity index is 868. The van der Waals surface area contributed by atoms with Crippen LogP contribution in [0, 0.1) is 5.92 Å². The number of amides is 1. The number of pyridine rings is 1. The van der Waals surface area contributed by atoms with Crippen LogP contribution in [0.3, 0.4) is 0 Å². The fourth-order valence-electron chi connectivity index (χ4n) is 3.36. The first-order chi connectivity index (χ1) is 13.8. The van der Waals surface area contributed by atoms with Crippen molar-refractivity contribution in [1.29, 1.82) is 0 Å². The van der Waals surface area contributed by atoms with E-state index in [4.69, 9.17) is 9.84 Å². The van der Waals surface area contributed by atoms with Gasteiger partial charge in [0.25, 0.3) is 5.91 Å². The van der Waals surface area contributed by atoms with Gasteiger partial charge in [0.05, 0.1) is 5.92 Å². The Morgan fingerprint density at radius 3 is 2.14 bits per heavy atom. The third-order valence-corrected chi connectivity index (χ3v) is 5.07. The Kier molecular flexibility index (Phi) is 6.32. The quantitative estimate of drug-likeness (QED) is 0.807. The number of carboxylic acid groups (broad SMARTS) is 1. The van der Waals surface area contributed by atoms with Crippen LogP contribution < -0.4 is 4.74 Å². The molecule has 2 heterocycles. The van der Waals surface area contributed by atoms with Crippen LogP contribution in [-0.4, -0.2) is 45.6 Å². The van der Waals surface area contributed by atoms with Crippen molar-refractivity contribution in [1.82, 2.24) is 9.88 Å². The van der Waals surface area contributed by atoms with Crippen molar-refractivity contribution in [2.45, 2.75) is 32.3 Å². The lowest BCUT2D eigenvalue weighted by Gasteiger charge is -2.36. The number of likely N-dealkylation sites (tertiary alicyclic amines) is 1. The van der Waals surface area contributed by atoms with Gasteiger partial charge in [0.1, 0.15) is 5.75 Å². The van der Waals surface area contributed by atoms with E-state index in [2.05, 4.69) is 4.98 Å². The molecule has 1 aliphatic rings. The van der Waals surface area contributed by atoms with Crippen LogP contribution in [0.2, 0.25) is 0 Å². The van der Waals surface area contributed by atoms with Crippen molar-refractivity contribution in [3.63, 3.8) is 0 Å². The second kappa shape index (κ2) is 8.90. The predicted octanol–water partition coefficient (Wildman–Crippen LogP) is 3.73. The van der Waals surface area contributed by atoms with Crippen molar-refractivity contribution < 1.29 is 19.4 Å². The number of aromatic nitrogens is 1. The summed E-state index contributed by atoms with van der Waals surface area (Å²) >= 11 is 0. The van der Waals surface area contributed by atoms with E-state index >= 15 is 0 Å². The summed E-state index contributed by atoms with van der Waals surface area (Å²) in [6, 6.07) is 11.4. The number of carbonyl (C=O) groups is 2. The molecule has 6 heteroatoms. The molecule has 0 saturated carbocycles. The van der Waals surface area contributed by atoms with E-state index in [0.717, 1.165) is 11.1 Å². The molecule has 3 rings (SSSR count). The molecule has 1 aromatic carbocycles. The molecule has 0 bridgehead atoms. The molecule has 0 unspecified atom stereocenters.